The van der Waals surface area contributed by atoms with Gasteiger partial charge in [0.2, 0.25) is 5.89 Å². The summed E-state index contributed by atoms with van der Waals surface area (Å²) < 4.78 is 5.28. The van der Waals surface area contributed by atoms with Gasteiger partial charge in [-0.2, -0.15) is 4.98 Å². The van der Waals surface area contributed by atoms with E-state index in [0.29, 0.717) is 11.2 Å². The number of fused-ring (bicyclic) bond motifs is 1. The molecule has 0 aliphatic heterocycles. The Hall–Kier alpha value is -0.380. The van der Waals surface area contributed by atoms with Crippen LogP contribution in [0.2, 0.25) is 0 Å². The van der Waals surface area contributed by atoms with Crippen LogP contribution in [0.5, 0.6) is 0 Å². The third kappa shape index (κ3) is 1.31. The summed E-state index contributed by atoms with van der Waals surface area (Å²) in [7, 11) is 0. The van der Waals surface area contributed by atoms with Crippen molar-refractivity contribution >= 4 is 15.9 Å². The average Bonchev–Trinajstić information content (AvgIpc) is 2.77. The summed E-state index contributed by atoms with van der Waals surface area (Å²) in [5.41, 5.74) is 0. The average molecular weight is 257 g/mol. The first-order valence-electron chi connectivity index (χ1n) is 5.28. The third-order valence-corrected chi connectivity index (χ3v) is 4.05. The van der Waals surface area contributed by atoms with Crippen LogP contribution in [-0.4, -0.2) is 10.1 Å². The van der Waals surface area contributed by atoms with Gasteiger partial charge in [-0.3, -0.25) is 0 Å². The van der Waals surface area contributed by atoms with E-state index >= 15 is 0 Å². The summed E-state index contributed by atoms with van der Waals surface area (Å²) in [5.74, 6) is 3.97. The van der Waals surface area contributed by atoms with E-state index in [-0.39, 0.29) is 0 Å². The van der Waals surface area contributed by atoms with E-state index in [4.69, 9.17) is 4.52 Å². The van der Waals surface area contributed by atoms with Gasteiger partial charge < -0.3 is 4.52 Å². The minimum Gasteiger partial charge on any atom is -0.339 e. The largest absolute Gasteiger partial charge is 0.339 e. The number of halogens is 1. The molecular formula is C10H13BrN2O. The number of hydrogen-bond acceptors (Lipinski definition) is 3. The predicted molar refractivity (Wildman–Crippen MR) is 55.1 cm³/mol. The molecule has 3 nitrogen and oxygen atoms in total. The van der Waals surface area contributed by atoms with Crippen LogP contribution in [0.4, 0.5) is 0 Å². The van der Waals surface area contributed by atoms with Crippen molar-refractivity contribution in [3.63, 3.8) is 0 Å². The molecule has 2 fully saturated rings. The lowest BCUT2D eigenvalue weighted by molar-refractivity contribution is 0.369. The molecule has 2 atom stereocenters. The molecule has 0 radical (unpaired) electrons. The highest BCUT2D eigenvalue weighted by atomic mass is 79.9. The van der Waals surface area contributed by atoms with Crippen LogP contribution < -0.4 is 0 Å². The number of aromatic nitrogens is 2. The Morgan fingerprint density at radius 1 is 1.29 bits per heavy atom. The lowest BCUT2D eigenvalue weighted by atomic mass is 10.0. The van der Waals surface area contributed by atoms with Gasteiger partial charge in [-0.1, -0.05) is 33.9 Å². The summed E-state index contributed by atoms with van der Waals surface area (Å²) in [6.45, 7) is 0. The number of nitrogens with zero attached hydrogens (tertiary/aromatic N) is 2. The van der Waals surface area contributed by atoms with Crippen LogP contribution in [0.1, 0.15) is 43.3 Å². The molecule has 2 aliphatic rings. The summed E-state index contributed by atoms with van der Waals surface area (Å²) >= 11 is 3.33. The predicted octanol–water partition coefficient (Wildman–Crippen LogP) is 2.87. The molecule has 0 spiro atoms. The van der Waals surface area contributed by atoms with Crippen LogP contribution in [0.25, 0.3) is 0 Å². The number of alkyl halides is 1. The Bertz CT molecular complexity index is 327. The van der Waals surface area contributed by atoms with E-state index in [1.165, 1.54) is 25.7 Å². The quantitative estimate of drug-likeness (QED) is 0.764. The monoisotopic (exact) mass is 256 g/mol. The maximum Gasteiger partial charge on any atom is 0.230 e. The van der Waals surface area contributed by atoms with Crippen molar-refractivity contribution < 1.29 is 4.52 Å². The topological polar surface area (TPSA) is 38.9 Å². The second-order valence-corrected chi connectivity index (χ2v) is 4.88. The molecule has 0 N–H and O–H groups in total. The van der Waals surface area contributed by atoms with Gasteiger partial charge in [0.25, 0.3) is 0 Å². The summed E-state index contributed by atoms with van der Waals surface area (Å²) in [4.78, 5) is 4.39. The van der Waals surface area contributed by atoms with Gasteiger partial charge in [-0.15, -0.1) is 0 Å². The van der Waals surface area contributed by atoms with Crippen molar-refractivity contribution in [1.29, 1.82) is 0 Å². The summed E-state index contributed by atoms with van der Waals surface area (Å²) in [5, 5.41) is 4.61. The van der Waals surface area contributed by atoms with Gasteiger partial charge in [0.15, 0.2) is 5.82 Å². The molecule has 14 heavy (non-hydrogen) atoms. The first-order chi connectivity index (χ1) is 6.90. The van der Waals surface area contributed by atoms with Gasteiger partial charge in [0.05, 0.1) is 5.33 Å². The molecule has 1 heterocycles. The van der Waals surface area contributed by atoms with E-state index < -0.39 is 0 Å². The molecule has 2 aliphatic carbocycles. The van der Waals surface area contributed by atoms with Crippen molar-refractivity contribution in [2.24, 2.45) is 11.8 Å². The van der Waals surface area contributed by atoms with Crippen LogP contribution in [0.15, 0.2) is 4.52 Å². The highest BCUT2D eigenvalue weighted by Crippen LogP contribution is 2.60. The lowest BCUT2D eigenvalue weighted by Gasteiger charge is -2.04. The molecule has 0 saturated heterocycles. The minimum absolute atomic E-state index is 0.595. The third-order valence-electron chi connectivity index (χ3n) is 3.54. The second kappa shape index (κ2) is 3.33. The Balaban J connectivity index is 1.77. The zero-order valence-electron chi connectivity index (χ0n) is 7.95. The molecule has 2 saturated carbocycles. The molecule has 2 unspecified atom stereocenters. The van der Waals surface area contributed by atoms with Crippen LogP contribution >= 0.6 is 15.9 Å². The SMILES string of the molecule is BrCc1noc(C2C3CCCCC32)n1. The minimum atomic E-state index is 0.595. The zero-order valence-corrected chi connectivity index (χ0v) is 9.53. The highest BCUT2D eigenvalue weighted by molar-refractivity contribution is 9.08. The second-order valence-electron chi connectivity index (χ2n) is 4.32. The zero-order chi connectivity index (χ0) is 9.54. The molecule has 0 amide bonds. The summed E-state index contributed by atoms with van der Waals surface area (Å²) in [6, 6.07) is 0. The van der Waals surface area contributed by atoms with Crippen molar-refractivity contribution in [2.75, 3.05) is 0 Å². The van der Waals surface area contributed by atoms with Gasteiger partial charge >= 0.3 is 0 Å². The smallest absolute Gasteiger partial charge is 0.230 e. The molecule has 0 bridgehead atoms. The van der Waals surface area contributed by atoms with Gasteiger partial charge in [-0.25, -0.2) is 0 Å². The first kappa shape index (κ1) is 8.89. The molecule has 4 heteroatoms. The standard InChI is InChI=1S/C10H13BrN2O/c11-5-8-12-10(14-13-8)9-6-3-1-2-4-7(6)9/h6-7,9H,1-5H2. The van der Waals surface area contributed by atoms with Crippen molar-refractivity contribution in [2.45, 2.75) is 36.9 Å². The lowest BCUT2D eigenvalue weighted by Crippen LogP contribution is -1.91. The first-order valence-corrected chi connectivity index (χ1v) is 6.40. The molecule has 1 aromatic heterocycles. The van der Waals surface area contributed by atoms with Crippen molar-refractivity contribution in [1.82, 2.24) is 10.1 Å². The fourth-order valence-corrected chi connectivity index (χ4v) is 3.04. The van der Waals surface area contributed by atoms with E-state index in [9.17, 15) is 0 Å². The summed E-state index contributed by atoms with van der Waals surface area (Å²) in [6.07, 6.45) is 5.50. The van der Waals surface area contributed by atoms with Gasteiger partial charge in [0.1, 0.15) is 0 Å². The number of hydrogen-bond donors (Lipinski definition) is 0. The van der Waals surface area contributed by atoms with Gasteiger partial charge in [0, 0.05) is 5.92 Å². The van der Waals surface area contributed by atoms with Crippen LogP contribution in [-0.2, 0) is 5.33 Å². The molecule has 3 rings (SSSR count). The highest BCUT2D eigenvalue weighted by Gasteiger charge is 2.54. The van der Waals surface area contributed by atoms with Crippen LogP contribution in [0.3, 0.4) is 0 Å². The molecule has 76 valence electrons. The Labute approximate surface area is 91.4 Å². The Morgan fingerprint density at radius 2 is 2.00 bits per heavy atom. The maximum atomic E-state index is 5.28. The fourth-order valence-electron chi connectivity index (χ4n) is 2.82. The normalized spacial score (nSPS) is 35.4. The molecule has 1 aromatic rings. The van der Waals surface area contributed by atoms with Gasteiger partial charge in [-0.05, 0) is 24.7 Å². The van der Waals surface area contributed by atoms with E-state index in [0.717, 1.165) is 23.6 Å². The molecular weight excluding hydrogens is 244 g/mol. The van der Waals surface area contributed by atoms with Crippen molar-refractivity contribution in [3.05, 3.63) is 11.7 Å². The van der Waals surface area contributed by atoms with E-state index in [1.54, 1.807) is 0 Å². The maximum absolute atomic E-state index is 5.28. The fraction of sp³-hybridized carbons (Fsp3) is 0.800. The van der Waals surface area contributed by atoms with E-state index in [1.807, 2.05) is 0 Å². The Morgan fingerprint density at radius 3 is 2.57 bits per heavy atom. The van der Waals surface area contributed by atoms with E-state index in [2.05, 4.69) is 26.1 Å². The van der Waals surface area contributed by atoms with Crippen LogP contribution in [0, 0.1) is 11.8 Å². The number of rotatable bonds is 2. The molecule has 0 aromatic carbocycles. The Kier molecular flexibility index (Phi) is 2.11. The van der Waals surface area contributed by atoms with Crippen molar-refractivity contribution in [3.8, 4) is 0 Å².